The minimum absolute atomic E-state index is 0.265. The third-order valence-corrected chi connectivity index (χ3v) is 5.48. The van der Waals surface area contributed by atoms with Crippen LogP contribution in [0.2, 0.25) is 0 Å². The number of nitrogens with zero attached hydrogens (tertiary/aromatic N) is 1. The van der Waals surface area contributed by atoms with Gasteiger partial charge < -0.3 is 9.64 Å². The molecule has 0 spiro atoms. The van der Waals surface area contributed by atoms with Gasteiger partial charge in [-0.15, -0.1) is 0 Å². The molecule has 0 aliphatic heterocycles. The highest BCUT2D eigenvalue weighted by molar-refractivity contribution is 5.79. The fourth-order valence-electron chi connectivity index (χ4n) is 3.54. The van der Waals surface area contributed by atoms with Crippen molar-refractivity contribution in [3.63, 3.8) is 0 Å². The largest absolute Gasteiger partial charge is 0.481 e. The zero-order valence-corrected chi connectivity index (χ0v) is 18.7. The Labute approximate surface area is 192 Å². The molecule has 0 aliphatic rings. The fourth-order valence-corrected chi connectivity index (χ4v) is 3.54. The van der Waals surface area contributed by atoms with Crippen LogP contribution in [0.5, 0.6) is 5.75 Å². The minimum Gasteiger partial charge on any atom is -0.481 e. The van der Waals surface area contributed by atoms with Crippen molar-refractivity contribution in [2.24, 2.45) is 0 Å². The van der Waals surface area contributed by atoms with Crippen molar-refractivity contribution in [2.45, 2.75) is 32.3 Å². The molecule has 0 aromatic heterocycles. The molecule has 0 radical (unpaired) electrons. The molecule has 1 amide bonds. The highest BCUT2D eigenvalue weighted by Gasteiger charge is 2.20. The van der Waals surface area contributed by atoms with Gasteiger partial charge in [-0.2, -0.15) is 0 Å². The number of ether oxygens (including phenoxy) is 1. The average molecular weight is 455 g/mol. The van der Waals surface area contributed by atoms with Gasteiger partial charge in [-0.05, 0) is 85.3 Å². The Morgan fingerprint density at radius 3 is 2.48 bits per heavy atom. The Balaban J connectivity index is 1.54. The van der Waals surface area contributed by atoms with Crippen LogP contribution in [-0.4, -0.2) is 30.8 Å². The first-order valence-electron chi connectivity index (χ1n) is 10.8. The molecule has 0 heterocycles. The summed E-state index contributed by atoms with van der Waals surface area (Å²) in [5, 5.41) is 9.04. The number of carbonyl (C=O) groups excluding carboxylic acids is 1. The molecule has 2 N–H and O–H groups in total. The van der Waals surface area contributed by atoms with Crippen LogP contribution in [0.4, 0.5) is 14.5 Å². The van der Waals surface area contributed by atoms with Crippen LogP contribution in [0.3, 0.4) is 0 Å². The second-order valence-electron chi connectivity index (χ2n) is 7.97. The topological polar surface area (TPSA) is 61.8 Å². The van der Waals surface area contributed by atoms with Gasteiger partial charge in [-0.1, -0.05) is 24.3 Å². The molecular formula is C26H28F2N2O3. The molecule has 3 aromatic carbocycles. The van der Waals surface area contributed by atoms with Crippen molar-refractivity contribution in [1.82, 2.24) is 5.48 Å². The van der Waals surface area contributed by atoms with Crippen molar-refractivity contribution in [3.05, 3.63) is 83.9 Å². The maximum atomic E-state index is 13.5. The average Bonchev–Trinajstić information content (AvgIpc) is 2.83. The summed E-state index contributed by atoms with van der Waals surface area (Å²) in [6.07, 6.45) is 0.983. The standard InChI is InChI=1S/C26H28F2N2O3/c1-18-16-23(13-14-24(18)28)33-25(26(31)29-32)8-3-4-15-30(2)22-7-5-6-20(17-22)19-9-11-21(27)12-10-19/h5-7,9-14,16-17,25,32H,3-4,8,15H2,1-2H3,(H,29,31)/t25-/m1/s1. The maximum Gasteiger partial charge on any atom is 0.284 e. The number of nitrogens with one attached hydrogen (secondary N) is 1. The number of hydrogen-bond acceptors (Lipinski definition) is 4. The number of benzene rings is 3. The molecule has 3 aromatic rings. The molecule has 5 nitrogen and oxygen atoms in total. The van der Waals surface area contributed by atoms with E-state index in [1.165, 1.54) is 30.3 Å². The van der Waals surface area contributed by atoms with Crippen LogP contribution >= 0.6 is 0 Å². The summed E-state index contributed by atoms with van der Waals surface area (Å²) in [6.45, 7) is 2.36. The van der Waals surface area contributed by atoms with E-state index >= 15 is 0 Å². The van der Waals surface area contributed by atoms with E-state index in [4.69, 9.17) is 9.94 Å². The lowest BCUT2D eigenvalue weighted by atomic mass is 10.0. The lowest BCUT2D eigenvalue weighted by Crippen LogP contribution is -2.36. The highest BCUT2D eigenvalue weighted by Crippen LogP contribution is 2.25. The van der Waals surface area contributed by atoms with Gasteiger partial charge in [0.05, 0.1) is 0 Å². The van der Waals surface area contributed by atoms with Gasteiger partial charge in [-0.25, -0.2) is 14.3 Å². The third kappa shape index (κ3) is 6.76. The molecule has 174 valence electrons. The number of amides is 1. The summed E-state index contributed by atoms with van der Waals surface area (Å²) in [6, 6.07) is 18.7. The van der Waals surface area contributed by atoms with Gasteiger partial charge in [0.2, 0.25) is 0 Å². The van der Waals surface area contributed by atoms with Crippen molar-refractivity contribution in [2.75, 3.05) is 18.5 Å². The Kier molecular flexibility index (Phi) is 8.38. The Bertz CT molecular complexity index is 1070. The predicted octanol–water partition coefficient (Wildman–Crippen LogP) is 5.50. The second kappa shape index (κ2) is 11.4. The lowest BCUT2D eigenvalue weighted by Gasteiger charge is -2.21. The molecule has 0 saturated heterocycles. The molecule has 3 rings (SSSR count). The first kappa shape index (κ1) is 24.2. The minimum atomic E-state index is -0.882. The van der Waals surface area contributed by atoms with E-state index < -0.39 is 12.0 Å². The number of aryl methyl sites for hydroxylation is 1. The van der Waals surface area contributed by atoms with Crippen LogP contribution in [0, 0.1) is 18.6 Å². The van der Waals surface area contributed by atoms with Crippen molar-refractivity contribution < 1.29 is 23.5 Å². The number of carbonyl (C=O) groups is 1. The smallest absolute Gasteiger partial charge is 0.284 e. The number of halogens is 2. The molecule has 0 aliphatic carbocycles. The van der Waals surface area contributed by atoms with Crippen molar-refractivity contribution in [3.8, 4) is 16.9 Å². The third-order valence-electron chi connectivity index (χ3n) is 5.48. The molecule has 0 bridgehead atoms. The van der Waals surface area contributed by atoms with Crippen LogP contribution < -0.4 is 15.1 Å². The molecule has 33 heavy (non-hydrogen) atoms. The van der Waals surface area contributed by atoms with E-state index in [1.54, 1.807) is 24.5 Å². The zero-order chi connectivity index (χ0) is 23.8. The Morgan fingerprint density at radius 2 is 1.79 bits per heavy atom. The van der Waals surface area contributed by atoms with Gasteiger partial charge in [0.1, 0.15) is 17.4 Å². The van der Waals surface area contributed by atoms with Crippen molar-refractivity contribution in [1.29, 1.82) is 0 Å². The van der Waals surface area contributed by atoms with Gasteiger partial charge in [0.25, 0.3) is 5.91 Å². The Morgan fingerprint density at radius 1 is 1.03 bits per heavy atom. The predicted molar refractivity (Wildman–Crippen MR) is 124 cm³/mol. The fraction of sp³-hybridized carbons (Fsp3) is 0.269. The number of hydrogen-bond donors (Lipinski definition) is 2. The first-order chi connectivity index (χ1) is 15.9. The number of rotatable bonds is 10. The van der Waals surface area contributed by atoms with Crippen LogP contribution in [0.25, 0.3) is 11.1 Å². The van der Waals surface area contributed by atoms with E-state index in [-0.39, 0.29) is 11.6 Å². The van der Waals surface area contributed by atoms with E-state index in [2.05, 4.69) is 11.0 Å². The number of anilines is 1. The maximum absolute atomic E-state index is 13.5. The van der Waals surface area contributed by atoms with E-state index in [0.717, 1.165) is 29.8 Å². The van der Waals surface area contributed by atoms with Crippen LogP contribution in [0.1, 0.15) is 24.8 Å². The number of unbranched alkanes of at least 4 members (excludes halogenated alkanes) is 1. The van der Waals surface area contributed by atoms with Crippen LogP contribution in [0.15, 0.2) is 66.7 Å². The summed E-state index contributed by atoms with van der Waals surface area (Å²) in [5.74, 6) is -0.884. The summed E-state index contributed by atoms with van der Waals surface area (Å²) < 4.78 is 32.4. The molecular weight excluding hydrogens is 426 g/mol. The van der Waals surface area contributed by atoms with Gasteiger partial charge in [-0.3, -0.25) is 10.0 Å². The lowest BCUT2D eigenvalue weighted by molar-refractivity contribution is -0.136. The van der Waals surface area contributed by atoms with Gasteiger partial charge in [0, 0.05) is 19.3 Å². The molecule has 1 atom stereocenters. The second-order valence-corrected chi connectivity index (χ2v) is 7.97. The molecule has 0 unspecified atom stereocenters. The van der Waals surface area contributed by atoms with E-state index in [0.29, 0.717) is 24.2 Å². The molecule has 0 fully saturated rings. The normalized spacial score (nSPS) is 11.7. The van der Waals surface area contributed by atoms with Gasteiger partial charge >= 0.3 is 0 Å². The number of hydroxylamine groups is 1. The molecule has 7 heteroatoms. The zero-order valence-electron chi connectivity index (χ0n) is 18.7. The van der Waals surface area contributed by atoms with Crippen molar-refractivity contribution >= 4 is 11.6 Å². The Hall–Kier alpha value is -3.45. The summed E-state index contributed by atoms with van der Waals surface area (Å²) in [7, 11) is 1.99. The monoisotopic (exact) mass is 454 g/mol. The summed E-state index contributed by atoms with van der Waals surface area (Å²) in [4.78, 5) is 14.1. The van der Waals surface area contributed by atoms with Crippen LogP contribution in [-0.2, 0) is 4.79 Å². The molecule has 0 saturated carbocycles. The van der Waals surface area contributed by atoms with E-state index in [1.807, 2.05) is 25.2 Å². The summed E-state index contributed by atoms with van der Waals surface area (Å²) in [5.41, 5.74) is 5.03. The summed E-state index contributed by atoms with van der Waals surface area (Å²) >= 11 is 0. The van der Waals surface area contributed by atoms with E-state index in [9.17, 15) is 13.6 Å². The van der Waals surface area contributed by atoms with Gasteiger partial charge in [0.15, 0.2) is 6.10 Å². The quantitative estimate of drug-likeness (QED) is 0.241. The SMILES string of the molecule is Cc1cc(O[C@H](CCCCN(C)c2cccc(-c3ccc(F)cc3)c2)C(=O)NO)ccc1F. The highest BCUT2D eigenvalue weighted by atomic mass is 19.1. The first-order valence-corrected chi connectivity index (χ1v) is 10.8.